The smallest absolute Gasteiger partial charge is 0.191 e. The Kier molecular flexibility index (Phi) is 7.16. The van der Waals surface area contributed by atoms with Gasteiger partial charge < -0.3 is 20.5 Å². The van der Waals surface area contributed by atoms with Crippen molar-refractivity contribution in [3.05, 3.63) is 35.2 Å². The molecular weight excluding hydrogens is 384 g/mol. The van der Waals surface area contributed by atoms with Crippen molar-refractivity contribution in [2.75, 3.05) is 33.2 Å². The van der Waals surface area contributed by atoms with E-state index < -0.39 is 6.10 Å². The second-order valence-corrected chi connectivity index (χ2v) is 9.60. The van der Waals surface area contributed by atoms with E-state index in [2.05, 4.69) is 66.4 Å². The summed E-state index contributed by atoms with van der Waals surface area (Å²) in [6.45, 7) is 11.8. The number of aliphatic hydroxyl groups excluding tert-OH is 1. The van der Waals surface area contributed by atoms with E-state index >= 15 is 0 Å². The molecule has 3 unspecified atom stereocenters. The van der Waals surface area contributed by atoms with Gasteiger partial charge in [0.05, 0.1) is 12.2 Å². The molecule has 0 spiro atoms. The molecule has 29 heavy (non-hydrogen) atoms. The summed E-state index contributed by atoms with van der Waals surface area (Å²) < 4.78 is 7.06. The van der Waals surface area contributed by atoms with Gasteiger partial charge in [-0.15, -0.1) is 11.3 Å². The monoisotopic (exact) mass is 418 g/mol. The number of guanidine groups is 1. The summed E-state index contributed by atoms with van der Waals surface area (Å²) in [4.78, 5) is 7.75. The maximum atomic E-state index is 10.6. The minimum atomic E-state index is -0.570. The van der Waals surface area contributed by atoms with Gasteiger partial charge in [-0.3, -0.25) is 9.89 Å². The fourth-order valence-corrected chi connectivity index (χ4v) is 4.82. The highest BCUT2D eigenvalue weighted by Crippen LogP contribution is 2.29. The van der Waals surface area contributed by atoms with Crippen LogP contribution in [0.5, 0.6) is 0 Å². The molecule has 0 saturated carbocycles. The molecule has 6 nitrogen and oxygen atoms in total. The Balaban J connectivity index is 1.52. The van der Waals surface area contributed by atoms with Crippen LogP contribution in [0.2, 0.25) is 0 Å². The van der Waals surface area contributed by atoms with Gasteiger partial charge in [-0.2, -0.15) is 0 Å². The van der Waals surface area contributed by atoms with E-state index in [1.807, 2.05) is 12.1 Å². The number of benzene rings is 1. The lowest BCUT2D eigenvalue weighted by Gasteiger charge is -2.45. The molecule has 3 N–H and O–H groups in total. The molecule has 1 aliphatic rings. The van der Waals surface area contributed by atoms with Crippen LogP contribution in [-0.4, -0.2) is 66.9 Å². The number of nitrogens with one attached hydrogen (secondary N) is 2. The van der Waals surface area contributed by atoms with Crippen LogP contribution in [0, 0.1) is 0 Å². The van der Waals surface area contributed by atoms with Crippen LogP contribution in [0.4, 0.5) is 0 Å². The van der Waals surface area contributed by atoms with Crippen LogP contribution in [-0.2, 0) is 4.74 Å². The third-order valence-electron chi connectivity index (χ3n) is 5.42. The molecular formula is C22H34N4O2S. The van der Waals surface area contributed by atoms with Crippen LogP contribution < -0.4 is 10.6 Å². The van der Waals surface area contributed by atoms with Gasteiger partial charge in [0.15, 0.2) is 5.96 Å². The SMILES string of the molecule is CN=C(NCC(O)c1cc2ccccc2s1)NCC(C)(C)N1CC(C)OC(C)C1. The van der Waals surface area contributed by atoms with Crippen molar-refractivity contribution < 1.29 is 9.84 Å². The van der Waals surface area contributed by atoms with Gasteiger partial charge in [0.1, 0.15) is 6.10 Å². The highest BCUT2D eigenvalue weighted by Gasteiger charge is 2.33. The van der Waals surface area contributed by atoms with Crippen molar-refractivity contribution in [1.29, 1.82) is 0 Å². The molecule has 1 fully saturated rings. The molecule has 0 radical (unpaired) electrons. The van der Waals surface area contributed by atoms with E-state index in [0.29, 0.717) is 12.5 Å². The number of hydrogen-bond donors (Lipinski definition) is 3. The van der Waals surface area contributed by atoms with E-state index in [1.54, 1.807) is 18.4 Å². The number of thiophene rings is 1. The molecule has 160 valence electrons. The number of aliphatic imine (C=N–C) groups is 1. The lowest BCUT2D eigenvalue weighted by Crippen LogP contribution is -2.59. The van der Waals surface area contributed by atoms with Crippen LogP contribution in [0.25, 0.3) is 10.1 Å². The standard InChI is InChI=1S/C22H34N4O2S/c1-15-12-26(13-16(2)28-15)22(3,4)14-25-21(23-5)24-11-18(27)20-10-17-8-6-7-9-19(17)29-20/h6-10,15-16,18,27H,11-14H2,1-5H3,(H2,23,24,25). The summed E-state index contributed by atoms with van der Waals surface area (Å²) >= 11 is 1.63. The second kappa shape index (κ2) is 9.43. The Morgan fingerprint density at radius 2 is 1.97 bits per heavy atom. The quantitative estimate of drug-likeness (QED) is 0.497. The number of aliphatic hydroxyl groups is 1. The van der Waals surface area contributed by atoms with Crippen LogP contribution in [0.15, 0.2) is 35.3 Å². The molecule has 1 aromatic heterocycles. The molecule has 2 aromatic rings. The highest BCUT2D eigenvalue weighted by molar-refractivity contribution is 7.19. The summed E-state index contributed by atoms with van der Waals surface area (Å²) in [5.41, 5.74) is -0.0337. The summed E-state index contributed by atoms with van der Waals surface area (Å²) in [6.07, 6.45) is -0.0845. The maximum absolute atomic E-state index is 10.6. The van der Waals surface area contributed by atoms with E-state index in [9.17, 15) is 5.11 Å². The maximum Gasteiger partial charge on any atom is 0.191 e. The van der Waals surface area contributed by atoms with Crippen LogP contribution in [0.1, 0.15) is 38.7 Å². The molecule has 0 bridgehead atoms. The number of morpholine rings is 1. The Labute approximate surface area is 178 Å². The number of fused-ring (bicyclic) bond motifs is 1. The lowest BCUT2D eigenvalue weighted by atomic mass is 10.00. The zero-order valence-corrected chi connectivity index (χ0v) is 18.9. The normalized spacial score (nSPS) is 22.6. The molecule has 1 saturated heterocycles. The molecule has 3 rings (SSSR count). The highest BCUT2D eigenvalue weighted by atomic mass is 32.1. The largest absolute Gasteiger partial charge is 0.386 e. The Morgan fingerprint density at radius 3 is 2.62 bits per heavy atom. The first-order chi connectivity index (χ1) is 13.8. The zero-order chi connectivity index (χ0) is 21.0. The van der Waals surface area contributed by atoms with E-state index in [0.717, 1.165) is 24.5 Å². The third kappa shape index (κ3) is 5.69. The predicted molar refractivity (Wildman–Crippen MR) is 122 cm³/mol. The van der Waals surface area contributed by atoms with Crippen molar-refractivity contribution in [1.82, 2.24) is 15.5 Å². The fourth-order valence-electron chi connectivity index (χ4n) is 3.77. The van der Waals surface area contributed by atoms with Crippen molar-refractivity contribution >= 4 is 27.4 Å². The van der Waals surface area contributed by atoms with E-state index in [-0.39, 0.29) is 17.7 Å². The van der Waals surface area contributed by atoms with Crippen molar-refractivity contribution in [2.45, 2.75) is 51.5 Å². The zero-order valence-electron chi connectivity index (χ0n) is 18.1. The van der Waals surface area contributed by atoms with Gasteiger partial charge in [-0.1, -0.05) is 18.2 Å². The van der Waals surface area contributed by atoms with Crippen molar-refractivity contribution in [2.24, 2.45) is 4.99 Å². The van der Waals surface area contributed by atoms with Crippen LogP contribution >= 0.6 is 11.3 Å². The Hall–Kier alpha value is -1.67. The van der Waals surface area contributed by atoms with Gasteiger partial charge in [0, 0.05) is 48.3 Å². The average Bonchev–Trinajstić information content (AvgIpc) is 3.11. The number of hydrogen-bond acceptors (Lipinski definition) is 5. The van der Waals surface area contributed by atoms with Crippen molar-refractivity contribution in [3.8, 4) is 0 Å². The topological polar surface area (TPSA) is 69.1 Å². The summed E-state index contributed by atoms with van der Waals surface area (Å²) in [6, 6.07) is 10.3. The molecule has 0 amide bonds. The molecule has 0 aliphatic carbocycles. The predicted octanol–water partition coefficient (Wildman–Crippen LogP) is 2.99. The van der Waals surface area contributed by atoms with Crippen LogP contribution in [0.3, 0.4) is 0 Å². The number of ether oxygens (including phenoxy) is 1. The average molecular weight is 419 g/mol. The van der Waals surface area contributed by atoms with Gasteiger partial charge in [0.2, 0.25) is 0 Å². The van der Waals surface area contributed by atoms with Gasteiger partial charge in [-0.25, -0.2) is 0 Å². The molecule has 7 heteroatoms. The first-order valence-electron chi connectivity index (χ1n) is 10.3. The van der Waals surface area contributed by atoms with E-state index in [4.69, 9.17) is 4.74 Å². The number of nitrogens with zero attached hydrogens (tertiary/aromatic N) is 2. The minimum Gasteiger partial charge on any atom is -0.386 e. The van der Waals surface area contributed by atoms with E-state index in [1.165, 1.54) is 10.1 Å². The lowest BCUT2D eigenvalue weighted by molar-refractivity contribution is -0.0946. The summed E-state index contributed by atoms with van der Waals surface area (Å²) in [5, 5.41) is 18.4. The Morgan fingerprint density at radius 1 is 1.28 bits per heavy atom. The third-order valence-corrected chi connectivity index (χ3v) is 6.64. The number of rotatable bonds is 6. The fraction of sp³-hybridized carbons (Fsp3) is 0.591. The van der Waals surface area contributed by atoms with Gasteiger partial charge in [0.25, 0.3) is 0 Å². The first-order valence-corrected chi connectivity index (χ1v) is 11.1. The van der Waals surface area contributed by atoms with Crippen molar-refractivity contribution in [3.63, 3.8) is 0 Å². The molecule has 1 aliphatic heterocycles. The second-order valence-electron chi connectivity index (χ2n) is 8.48. The molecule has 3 atom stereocenters. The minimum absolute atomic E-state index is 0.0337. The molecule has 1 aromatic carbocycles. The van der Waals surface area contributed by atoms with Gasteiger partial charge in [-0.05, 0) is 45.2 Å². The Bertz CT molecular complexity index is 792. The summed E-state index contributed by atoms with van der Waals surface area (Å²) in [7, 11) is 1.76. The first kappa shape index (κ1) is 22.0. The van der Waals surface area contributed by atoms with Gasteiger partial charge >= 0.3 is 0 Å². The summed E-state index contributed by atoms with van der Waals surface area (Å²) in [5.74, 6) is 0.701. The molecule has 2 heterocycles.